The van der Waals surface area contributed by atoms with Gasteiger partial charge < -0.3 is 9.64 Å². The molecule has 2 aromatic rings. The van der Waals surface area contributed by atoms with Crippen molar-refractivity contribution in [2.75, 3.05) is 57.3 Å². The van der Waals surface area contributed by atoms with Crippen LogP contribution in [0, 0.1) is 6.92 Å². The van der Waals surface area contributed by atoms with E-state index in [4.69, 9.17) is 4.74 Å². The highest BCUT2D eigenvalue weighted by atomic mass is 16.5. The smallest absolute Gasteiger partial charge is 0.0828 e. The molecule has 5 heteroatoms. The van der Waals surface area contributed by atoms with E-state index in [1.54, 1.807) is 0 Å². The van der Waals surface area contributed by atoms with E-state index < -0.39 is 0 Å². The summed E-state index contributed by atoms with van der Waals surface area (Å²) >= 11 is 0. The van der Waals surface area contributed by atoms with E-state index in [1.807, 2.05) is 6.20 Å². The number of ether oxygens (including phenoxy) is 1. The summed E-state index contributed by atoms with van der Waals surface area (Å²) in [6, 6.07) is 15.1. The van der Waals surface area contributed by atoms with Gasteiger partial charge in [-0.2, -0.15) is 0 Å². The first-order valence-electron chi connectivity index (χ1n) is 11.0. The fourth-order valence-electron chi connectivity index (χ4n) is 4.49. The molecule has 0 saturated carbocycles. The van der Waals surface area contributed by atoms with Gasteiger partial charge in [0.05, 0.1) is 6.10 Å². The Labute approximate surface area is 175 Å². The summed E-state index contributed by atoms with van der Waals surface area (Å²) in [6.45, 7) is 11.6. The maximum atomic E-state index is 6.24. The van der Waals surface area contributed by atoms with Gasteiger partial charge in [-0.15, -0.1) is 0 Å². The van der Waals surface area contributed by atoms with Crippen molar-refractivity contribution in [3.8, 4) is 0 Å². The highest BCUT2D eigenvalue weighted by Crippen LogP contribution is 2.18. The highest BCUT2D eigenvalue weighted by molar-refractivity contribution is 5.46. The number of pyridine rings is 1. The Morgan fingerprint density at radius 1 is 0.966 bits per heavy atom. The number of rotatable bonds is 5. The lowest BCUT2D eigenvalue weighted by atomic mass is 10.2. The second-order valence-electron chi connectivity index (χ2n) is 8.36. The van der Waals surface area contributed by atoms with Gasteiger partial charge in [0.25, 0.3) is 0 Å². The molecule has 0 bridgehead atoms. The van der Waals surface area contributed by atoms with Crippen LogP contribution in [0.1, 0.15) is 24.1 Å². The summed E-state index contributed by atoms with van der Waals surface area (Å²) in [5, 5.41) is 0. The van der Waals surface area contributed by atoms with Crippen LogP contribution >= 0.6 is 0 Å². The van der Waals surface area contributed by atoms with Gasteiger partial charge in [0.1, 0.15) is 0 Å². The molecule has 2 fully saturated rings. The van der Waals surface area contributed by atoms with Crippen molar-refractivity contribution >= 4 is 5.69 Å². The van der Waals surface area contributed by atoms with E-state index in [9.17, 15) is 0 Å². The summed E-state index contributed by atoms with van der Waals surface area (Å²) < 4.78 is 6.24. The Kier molecular flexibility index (Phi) is 7.14. The third-order valence-electron chi connectivity index (χ3n) is 5.98. The molecule has 2 saturated heterocycles. The number of benzene rings is 1. The minimum Gasteiger partial charge on any atom is -0.376 e. The molecule has 2 aliphatic rings. The zero-order valence-electron chi connectivity index (χ0n) is 17.7. The number of nitrogens with zero attached hydrogens (tertiary/aromatic N) is 4. The van der Waals surface area contributed by atoms with Gasteiger partial charge in [-0.1, -0.05) is 30.3 Å². The van der Waals surface area contributed by atoms with Gasteiger partial charge in [-0.25, -0.2) is 0 Å². The second kappa shape index (κ2) is 10.2. The van der Waals surface area contributed by atoms with E-state index in [-0.39, 0.29) is 0 Å². The molecule has 1 aromatic heterocycles. The standard InChI is InChI=1S/C24H34N4O/c1-21-17-23(9-10-25-21)28-13-5-11-26(14-15-28)19-24-20-27(12-6-16-29-24)18-22-7-3-2-4-8-22/h2-4,7-10,17,24H,5-6,11-16,18-20H2,1H3. The molecule has 0 amide bonds. The van der Waals surface area contributed by atoms with Crippen LogP contribution in [0.4, 0.5) is 5.69 Å². The number of hydrogen-bond acceptors (Lipinski definition) is 5. The molecule has 0 spiro atoms. The number of anilines is 1. The van der Waals surface area contributed by atoms with Gasteiger partial charge >= 0.3 is 0 Å². The van der Waals surface area contributed by atoms with Crippen LogP contribution in [0.2, 0.25) is 0 Å². The zero-order chi connectivity index (χ0) is 19.9. The Hall–Kier alpha value is -1.95. The van der Waals surface area contributed by atoms with Crippen LogP contribution in [0.15, 0.2) is 48.7 Å². The molecule has 1 unspecified atom stereocenters. The molecule has 4 rings (SSSR count). The topological polar surface area (TPSA) is 31.8 Å². The minimum atomic E-state index is 0.302. The highest BCUT2D eigenvalue weighted by Gasteiger charge is 2.23. The van der Waals surface area contributed by atoms with Gasteiger partial charge in [0.15, 0.2) is 0 Å². The summed E-state index contributed by atoms with van der Waals surface area (Å²) in [4.78, 5) is 12.0. The van der Waals surface area contributed by atoms with Crippen LogP contribution in [-0.2, 0) is 11.3 Å². The molecule has 5 nitrogen and oxygen atoms in total. The molecule has 3 heterocycles. The van der Waals surface area contributed by atoms with Crippen LogP contribution in [0.3, 0.4) is 0 Å². The number of aryl methyl sites for hydroxylation is 1. The van der Waals surface area contributed by atoms with Crippen LogP contribution in [0.25, 0.3) is 0 Å². The fraction of sp³-hybridized carbons (Fsp3) is 0.542. The van der Waals surface area contributed by atoms with Crippen molar-refractivity contribution in [3.63, 3.8) is 0 Å². The third kappa shape index (κ3) is 6.01. The van der Waals surface area contributed by atoms with Crippen molar-refractivity contribution in [2.24, 2.45) is 0 Å². The molecule has 0 radical (unpaired) electrons. The third-order valence-corrected chi connectivity index (χ3v) is 5.98. The van der Waals surface area contributed by atoms with Crippen molar-refractivity contribution in [3.05, 3.63) is 59.9 Å². The van der Waals surface area contributed by atoms with Crippen molar-refractivity contribution < 1.29 is 4.74 Å². The lowest BCUT2D eigenvalue weighted by Gasteiger charge is -2.29. The summed E-state index contributed by atoms with van der Waals surface area (Å²) in [6.07, 6.45) is 4.55. The molecule has 29 heavy (non-hydrogen) atoms. The molecule has 0 N–H and O–H groups in total. The lowest BCUT2D eigenvalue weighted by Crippen LogP contribution is -2.41. The van der Waals surface area contributed by atoms with Crippen molar-refractivity contribution in [2.45, 2.75) is 32.4 Å². The second-order valence-corrected chi connectivity index (χ2v) is 8.36. The molecule has 1 atom stereocenters. The quantitative estimate of drug-likeness (QED) is 0.778. The molecule has 2 aliphatic heterocycles. The van der Waals surface area contributed by atoms with E-state index in [0.29, 0.717) is 6.10 Å². The van der Waals surface area contributed by atoms with Gasteiger partial charge in [-0.3, -0.25) is 14.8 Å². The van der Waals surface area contributed by atoms with Crippen LogP contribution < -0.4 is 4.90 Å². The monoisotopic (exact) mass is 394 g/mol. The van der Waals surface area contributed by atoms with E-state index >= 15 is 0 Å². The summed E-state index contributed by atoms with van der Waals surface area (Å²) in [5.41, 5.74) is 3.79. The Morgan fingerprint density at radius 2 is 1.83 bits per heavy atom. The molecule has 1 aromatic carbocycles. The first kappa shape index (κ1) is 20.3. The predicted octanol–water partition coefficient (Wildman–Crippen LogP) is 3.19. The van der Waals surface area contributed by atoms with Crippen LogP contribution in [0.5, 0.6) is 0 Å². The molecular weight excluding hydrogens is 360 g/mol. The predicted molar refractivity (Wildman–Crippen MR) is 118 cm³/mol. The zero-order valence-corrected chi connectivity index (χ0v) is 17.7. The van der Waals surface area contributed by atoms with Crippen LogP contribution in [-0.4, -0.2) is 73.3 Å². The molecular formula is C24H34N4O. The average Bonchev–Trinajstić information content (AvgIpc) is 3.10. The lowest BCUT2D eigenvalue weighted by molar-refractivity contribution is 0.0272. The van der Waals surface area contributed by atoms with E-state index in [2.05, 4.69) is 69.1 Å². The Balaban J connectivity index is 1.31. The van der Waals surface area contributed by atoms with Crippen molar-refractivity contribution in [1.29, 1.82) is 0 Å². The molecule has 156 valence electrons. The summed E-state index contributed by atoms with van der Waals surface area (Å²) in [5.74, 6) is 0. The van der Waals surface area contributed by atoms with Gasteiger partial charge in [-0.05, 0) is 44.0 Å². The fourth-order valence-corrected chi connectivity index (χ4v) is 4.49. The first-order valence-corrected chi connectivity index (χ1v) is 11.0. The maximum absolute atomic E-state index is 6.24. The van der Waals surface area contributed by atoms with Gasteiger partial charge in [0, 0.05) is 70.0 Å². The average molecular weight is 395 g/mol. The first-order chi connectivity index (χ1) is 14.3. The van der Waals surface area contributed by atoms with E-state index in [0.717, 1.165) is 71.1 Å². The van der Waals surface area contributed by atoms with Gasteiger partial charge in [0.2, 0.25) is 0 Å². The Bertz CT molecular complexity index is 754. The number of hydrogen-bond donors (Lipinski definition) is 0. The Morgan fingerprint density at radius 3 is 2.69 bits per heavy atom. The number of aromatic nitrogens is 1. The summed E-state index contributed by atoms with van der Waals surface area (Å²) in [7, 11) is 0. The SMILES string of the molecule is Cc1cc(N2CCCN(CC3CN(Cc4ccccc4)CCCO3)CC2)ccn1. The molecule has 0 aliphatic carbocycles. The normalized spacial score (nSPS) is 22.2. The van der Waals surface area contributed by atoms with E-state index in [1.165, 1.54) is 17.7 Å². The van der Waals surface area contributed by atoms with Crippen molar-refractivity contribution in [1.82, 2.24) is 14.8 Å². The maximum Gasteiger partial charge on any atom is 0.0828 e. The minimum absolute atomic E-state index is 0.302. The largest absolute Gasteiger partial charge is 0.376 e.